The van der Waals surface area contributed by atoms with Crippen molar-refractivity contribution in [1.82, 2.24) is 9.88 Å². The number of benzene rings is 1. The van der Waals surface area contributed by atoms with Gasteiger partial charge in [0.05, 0.1) is 5.69 Å². The number of thiazole rings is 1. The van der Waals surface area contributed by atoms with Gasteiger partial charge in [0.25, 0.3) is 5.91 Å². The monoisotopic (exact) mass is 361 g/mol. The summed E-state index contributed by atoms with van der Waals surface area (Å²) in [7, 11) is 0. The molecule has 0 fully saturated rings. The number of rotatable bonds is 5. The summed E-state index contributed by atoms with van der Waals surface area (Å²) in [5.74, 6) is -0.0837. The normalized spacial score (nSPS) is 14.7. The van der Waals surface area contributed by atoms with Crippen molar-refractivity contribution in [3.8, 4) is 0 Å². The summed E-state index contributed by atoms with van der Waals surface area (Å²) in [5.41, 5.74) is 1.83. The van der Waals surface area contributed by atoms with Gasteiger partial charge in [-0.2, -0.15) is 0 Å². The number of hydrogen-bond acceptors (Lipinski definition) is 5. The van der Waals surface area contributed by atoms with Crippen molar-refractivity contribution in [3.63, 3.8) is 0 Å². The molecule has 1 aliphatic rings. The molecular formula is C18H23N3OS2. The Balaban J connectivity index is 1.70. The van der Waals surface area contributed by atoms with Crippen LogP contribution in [0.5, 0.6) is 0 Å². The van der Waals surface area contributed by atoms with E-state index in [1.807, 2.05) is 24.3 Å². The van der Waals surface area contributed by atoms with Gasteiger partial charge in [0, 0.05) is 40.1 Å². The number of nitrogens with one attached hydrogen (secondary N) is 1. The van der Waals surface area contributed by atoms with Gasteiger partial charge >= 0.3 is 0 Å². The van der Waals surface area contributed by atoms with Crippen LogP contribution in [-0.4, -0.2) is 34.1 Å². The van der Waals surface area contributed by atoms with E-state index in [4.69, 9.17) is 0 Å². The molecule has 0 saturated heterocycles. The van der Waals surface area contributed by atoms with E-state index < -0.39 is 0 Å². The predicted molar refractivity (Wildman–Crippen MR) is 102 cm³/mol. The van der Waals surface area contributed by atoms with E-state index in [0.717, 1.165) is 36.6 Å². The lowest BCUT2D eigenvalue weighted by Crippen LogP contribution is -2.29. The summed E-state index contributed by atoms with van der Waals surface area (Å²) in [4.78, 5) is 21.9. The van der Waals surface area contributed by atoms with Crippen molar-refractivity contribution in [2.75, 3.05) is 18.4 Å². The third kappa shape index (κ3) is 4.18. The van der Waals surface area contributed by atoms with Gasteiger partial charge in [-0.05, 0) is 24.7 Å². The molecule has 0 aliphatic carbocycles. The van der Waals surface area contributed by atoms with E-state index in [0.29, 0.717) is 15.9 Å². The van der Waals surface area contributed by atoms with Gasteiger partial charge < -0.3 is 0 Å². The third-order valence-electron chi connectivity index (χ3n) is 3.95. The Morgan fingerprint density at radius 2 is 2.29 bits per heavy atom. The molecule has 128 valence electrons. The van der Waals surface area contributed by atoms with Crippen LogP contribution in [0.4, 0.5) is 5.13 Å². The molecule has 1 aliphatic heterocycles. The van der Waals surface area contributed by atoms with Crippen molar-refractivity contribution in [3.05, 3.63) is 40.4 Å². The molecule has 2 aromatic rings. The molecule has 0 bridgehead atoms. The topological polar surface area (TPSA) is 45.2 Å². The fourth-order valence-electron chi connectivity index (χ4n) is 2.72. The number of likely N-dealkylation sites (N-methyl/N-ethyl adjacent to an activating group) is 1. The number of thioether (sulfide) groups is 1. The quantitative estimate of drug-likeness (QED) is 0.808. The number of anilines is 1. The van der Waals surface area contributed by atoms with Crippen LogP contribution in [-0.2, 0) is 13.0 Å². The molecule has 2 heterocycles. The van der Waals surface area contributed by atoms with Crippen LogP contribution in [0, 0.1) is 0 Å². The Bertz CT molecular complexity index is 727. The van der Waals surface area contributed by atoms with Crippen LogP contribution < -0.4 is 5.32 Å². The van der Waals surface area contributed by atoms with E-state index in [-0.39, 0.29) is 5.91 Å². The molecule has 0 atom stereocenters. The minimum absolute atomic E-state index is 0.0837. The average molecular weight is 362 g/mol. The first kappa shape index (κ1) is 17.5. The SMILES string of the molecule is CCN1CCc2nc(NC(=O)c3cccc(SC(C)C)c3)sc2C1. The Kier molecular flexibility index (Phi) is 5.58. The molecule has 1 aromatic heterocycles. The van der Waals surface area contributed by atoms with Crippen molar-refractivity contribution >= 4 is 34.1 Å². The Labute approximate surface area is 151 Å². The van der Waals surface area contributed by atoms with Crippen LogP contribution in [0.2, 0.25) is 0 Å². The average Bonchev–Trinajstić information content (AvgIpc) is 2.95. The molecule has 0 spiro atoms. The summed E-state index contributed by atoms with van der Waals surface area (Å²) >= 11 is 3.36. The van der Waals surface area contributed by atoms with Crippen LogP contribution in [0.3, 0.4) is 0 Å². The first-order valence-corrected chi connectivity index (χ1v) is 10.0. The number of aromatic nitrogens is 1. The lowest BCUT2D eigenvalue weighted by atomic mass is 10.2. The lowest BCUT2D eigenvalue weighted by molar-refractivity contribution is 0.102. The van der Waals surface area contributed by atoms with Gasteiger partial charge in [-0.25, -0.2) is 4.98 Å². The molecule has 0 saturated carbocycles. The van der Waals surface area contributed by atoms with Crippen LogP contribution in [0.25, 0.3) is 0 Å². The van der Waals surface area contributed by atoms with E-state index >= 15 is 0 Å². The zero-order valence-electron chi connectivity index (χ0n) is 14.3. The van der Waals surface area contributed by atoms with Gasteiger partial charge in [-0.15, -0.1) is 23.1 Å². The maximum absolute atomic E-state index is 12.5. The second kappa shape index (κ2) is 7.68. The van der Waals surface area contributed by atoms with E-state index in [9.17, 15) is 4.79 Å². The fraction of sp³-hybridized carbons (Fsp3) is 0.444. The molecule has 1 aromatic carbocycles. The molecule has 1 N–H and O–H groups in total. The van der Waals surface area contributed by atoms with Crippen LogP contribution in [0.1, 0.15) is 41.7 Å². The zero-order valence-corrected chi connectivity index (χ0v) is 16.0. The molecule has 1 amide bonds. The molecule has 4 nitrogen and oxygen atoms in total. The molecular weight excluding hydrogens is 338 g/mol. The van der Waals surface area contributed by atoms with Crippen molar-refractivity contribution < 1.29 is 4.79 Å². The van der Waals surface area contributed by atoms with Gasteiger partial charge in [0.2, 0.25) is 0 Å². The molecule has 0 unspecified atom stereocenters. The van der Waals surface area contributed by atoms with E-state index in [1.165, 1.54) is 4.88 Å². The zero-order chi connectivity index (χ0) is 17.1. The maximum Gasteiger partial charge on any atom is 0.257 e. The fourth-order valence-corrected chi connectivity index (χ4v) is 4.67. The van der Waals surface area contributed by atoms with Crippen molar-refractivity contribution in [2.45, 2.75) is 43.9 Å². The van der Waals surface area contributed by atoms with Gasteiger partial charge in [0.15, 0.2) is 5.13 Å². The highest BCUT2D eigenvalue weighted by Gasteiger charge is 2.20. The lowest BCUT2D eigenvalue weighted by Gasteiger charge is -2.23. The number of hydrogen-bond donors (Lipinski definition) is 1. The standard InChI is InChI=1S/C18H23N3OS2/c1-4-21-9-8-15-16(11-21)24-18(19-15)20-17(22)13-6-5-7-14(10-13)23-12(2)3/h5-7,10,12H,4,8-9,11H2,1-3H3,(H,19,20,22). The Hall–Kier alpha value is -1.37. The van der Waals surface area contributed by atoms with Gasteiger partial charge in [-0.3, -0.25) is 15.0 Å². The second-order valence-electron chi connectivity index (χ2n) is 6.16. The summed E-state index contributed by atoms with van der Waals surface area (Å²) in [5, 5.41) is 4.18. The molecule has 0 radical (unpaired) electrons. The van der Waals surface area contributed by atoms with Gasteiger partial charge in [0.1, 0.15) is 0 Å². The number of fused-ring (bicyclic) bond motifs is 1. The largest absolute Gasteiger partial charge is 0.298 e. The Morgan fingerprint density at radius 1 is 1.46 bits per heavy atom. The smallest absolute Gasteiger partial charge is 0.257 e. The van der Waals surface area contributed by atoms with Gasteiger partial charge in [-0.1, -0.05) is 26.8 Å². The predicted octanol–water partition coefficient (Wildman–Crippen LogP) is 4.27. The van der Waals surface area contributed by atoms with Crippen LogP contribution >= 0.6 is 23.1 Å². The number of amides is 1. The van der Waals surface area contributed by atoms with E-state index in [2.05, 4.69) is 36.0 Å². The molecule has 24 heavy (non-hydrogen) atoms. The van der Waals surface area contributed by atoms with Crippen molar-refractivity contribution in [1.29, 1.82) is 0 Å². The Morgan fingerprint density at radius 3 is 3.04 bits per heavy atom. The molecule has 3 rings (SSSR count). The summed E-state index contributed by atoms with van der Waals surface area (Å²) in [6.45, 7) is 9.53. The summed E-state index contributed by atoms with van der Waals surface area (Å²) in [6, 6.07) is 7.78. The summed E-state index contributed by atoms with van der Waals surface area (Å²) < 4.78 is 0. The highest BCUT2D eigenvalue weighted by molar-refractivity contribution is 7.99. The second-order valence-corrected chi connectivity index (χ2v) is 8.89. The molecule has 6 heteroatoms. The first-order chi connectivity index (χ1) is 11.5. The van der Waals surface area contributed by atoms with Crippen LogP contribution in [0.15, 0.2) is 29.2 Å². The third-order valence-corrected chi connectivity index (χ3v) is 5.94. The summed E-state index contributed by atoms with van der Waals surface area (Å²) in [6.07, 6.45) is 0.968. The highest BCUT2D eigenvalue weighted by atomic mass is 32.2. The number of carbonyl (C=O) groups is 1. The maximum atomic E-state index is 12.5. The number of carbonyl (C=O) groups excluding carboxylic acids is 1. The first-order valence-electron chi connectivity index (χ1n) is 8.34. The minimum Gasteiger partial charge on any atom is -0.298 e. The van der Waals surface area contributed by atoms with E-state index in [1.54, 1.807) is 23.1 Å². The van der Waals surface area contributed by atoms with Crippen molar-refractivity contribution in [2.24, 2.45) is 0 Å². The number of nitrogens with zero attached hydrogens (tertiary/aromatic N) is 2. The highest BCUT2D eigenvalue weighted by Crippen LogP contribution is 2.29. The minimum atomic E-state index is -0.0837.